The van der Waals surface area contributed by atoms with Gasteiger partial charge < -0.3 is 10.2 Å². The molecule has 1 aromatic heterocycles. The summed E-state index contributed by atoms with van der Waals surface area (Å²) >= 11 is 0. The number of nitrogens with zero attached hydrogens (tertiary/aromatic N) is 1. The zero-order chi connectivity index (χ0) is 15.0. The third kappa shape index (κ3) is 2.23. The van der Waals surface area contributed by atoms with Gasteiger partial charge in [0.2, 0.25) is 0 Å². The van der Waals surface area contributed by atoms with Gasteiger partial charge in [-0.15, -0.1) is 0 Å². The summed E-state index contributed by atoms with van der Waals surface area (Å²) in [6, 6.07) is 11.8. The number of hydrogen-bond acceptors (Lipinski definition) is 4. The Kier molecular flexibility index (Phi) is 3.10. The molecule has 0 aliphatic rings. The number of anilines is 1. The van der Waals surface area contributed by atoms with E-state index in [0.717, 1.165) is 0 Å². The van der Waals surface area contributed by atoms with E-state index < -0.39 is 5.76 Å². The summed E-state index contributed by atoms with van der Waals surface area (Å²) in [5, 5.41) is 0. The van der Waals surface area contributed by atoms with Gasteiger partial charge in [-0.3, -0.25) is 9.36 Å². The van der Waals surface area contributed by atoms with E-state index in [9.17, 15) is 9.59 Å². The monoisotopic (exact) mass is 282 g/mol. The van der Waals surface area contributed by atoms with Crippen molar-refractivity contribution in [3.8, 4) is 0 Å². The largest absolute Gasteiger partial charge is 0.419 e. The number of oxazole rings is 1. The lowest BCUT2D eigenvalue weighted by Crippen LogP contribution is -2.11. The van der Waals surface area contributed by atoms with Crippen LogP contribution in [-0.2, 0) is 6.54 Å². The highest BCUT2D eigenvalue weighted by Gasteiger charge is 2.13. The molecule has 0 saturated heterocycles. The number of ketones is 1. The number of carbonyl (C=O) groups is 1. The van der Waals surface area contributed by atoms with Gasteiger partial charge in [0.15, 0.2) is 11.4 Å². The number of rotatable bonds is 3. The molecule has 0 amide bonds. The molecule has 0 aliphatic heterocycles. The van der Waals surface area contributed by atoms with E-state index in [1.165, 1.54) is 4.57 Å². The van der Waals surface area contributed by atoms with Crippen molar-refractivity contribution >= 4 is 22.6 Å². The standard InChI is InChI=1S/C16H14N2O3/c1-2-18-13-7-6-11(9-14(13)21-16(18)20)15(19)10-4-3-5-12(17)8-10/h3-9H,2,17H2,1H3. The van der Waals surface area contributed by atoms with Gasteiger partial charge in [-0.05, 0) is 37.3 Å². The maximum Gasteiger partial charge on any atom is 0.419 e. The topological polar surface area (TPSA) is 78.2 Å². The molecule has 0 saturated carbocycles. The fraction of sp³-hybridized carbons (Fsp3) is 0.125. The first kappa shape index (κ1) is 13.2. The zero-order valence-electron chi connectivity index (χ0n) is 11.5. The Balaban J connectivity index is 2.09. The van der Waals surface area contributed by atoms with Crippen LogP contribution in [0.5, 0.6) is 0 Å². The van der Waals surface area contributed by atoms with Crippen molar-refractivity contribution in [2.24, 2.45) is 0 Å². The predicted molar refractivity (Wildman–Crippen MR) is 80.4 cm³/mol. The number of aromatic nitrogens is 1. The second kappa shape index (κ2) is 4.94. The van der Waals surface area contributed by atoms with Crippen LogP contribution in [0.1, 0.15) is 22.8 Å². The van der Waals surface area contributed by atoms with Crippen molar-refractivity contribution in [2.45, 2.75) is 13.5 Å². The highest BCUT2D eigenvalue weighted by Crippen LogP contribution is 2.18. The van der Waals surface area contributed by atoms with Gasteiger partial charge in [0.1, 0.15) is 0 Å². The maximum atomic E-state index is 12.4. The van der Waals surface area contributed by atoms with Gasteiger partial charge in [0.05, 0.1) is 5.52 Å². The minimum Gasteiger partial charge on any atom is -0.408 e. The van der Waals surface area contributed by atoms with E-state index in [2.05, 4.69) is 0 Å². The quantitative estimate of drug-likeness (QED) is 0.591. The molecule has 2 N–H and O–H groups in total. The Labute approximate surface area is 120 Å². The van der Waals surface area contributed by atoms with Crippen LogP contribution in [0, 0.1) is 0 Å². The number of nitrogens with two attached hydrogens (primary N) is 1. The lowest BCUT2D eigenvalue weighted by atomic mass is 10.0. The molecule has 0 atom stereocenters. The molecule has 1 heterocycles. The van der Waals surface area contributed by atoms with Crippen molar-refractivity contribution in [2.75, 3.05) is 5.73 Å². The van der Waals surface area contributed by atoms with E-state index in [1.54, 1.807) is 42.5 Å². The van der Waals surface area contributed by atoms with Gasteiger partial charge in [-0.2, -0.15) is 0 Å². The summed E-state index contributed by atoms with van der Waals surface area (Å²) in [6.07, 6.45) is 0. The summed E-state index contributed by atoms with van der Waals surface area (Å²) in [5.41, 5.74) is 8.29. The highest BCUT2D eigenvalue weighted by molar-refractivity contribution is 6.10. The van der Waals surface area contributed by atoms with E-state index >= 15 is 0 Å². The van der Waals surface area contributed by atoms with Crippen molar-refractivity contribution in [1.82, 2.24) is 4.57 Å². The Hall–Kier alpha value is -2.82. The first-order valence-corrected chi connectivity index (χ1v) is 6.64. The average Bonchev–Trinajstić information content (AvgIpc) is 2.80. The van der Waals surface area contributed by atoms with Crippen molar-refractivity contribution in [3.05, 3.63) is 64.1 Å². The molecular weight excluding hydrogens is 268 g/mol. The first-order valence-electron chi connectivity index (χ1n) is 6.64. The Morgan fingerprint density at radius 1 is 1.19 bits per heavy atom. The molecule has 21 heavy (non-hydrogen) atoms. The molecule has 5 nitrogen and oxygen atoms in total. The SMILES string of the molecule is CCn1c(=O)oc2cc(C(=O)c3cccc(N)c3)ccc21. The number of carbonyl (C=O) groups excluding carboxylic acids is 1. The van der Waals surface area contributed by atoms with Crippen LogP contribution in [0.15, 0.2) is 51.7 Å². The second-order valence-corrected chi connectivity index (χ2v) is 4.75. The summed E-state index contributed by atoms with van der Waals surface area (Å²) in [7, 11) is 0. The summed E-state index contributed by atoms with van der Waals surface area (Å²) in [5.74, 6) is -0.572. The molecule has 0 fully saturated rings. The number of aryl methyl sites for hydroxylation is 1. The highest BCUT2D eigenvalue weighted by atomic mass is 16.4. The summed E-state index contributed by atoms with van der Waals surface area (Å²) < 4.78 is 6.69. The minimum absolute atomic E-state index is 0.156. The number of hydrogen-bond donors (Lipinski definition) is 1. The molecule has 5 heteroatoms. The number of benzene rings is 2. The van der Waals surface area contributed by atoms with Crippen LogP contribution in [0.2, 0.25) is 0 Å². The molecule has 0 aliphatic carbocycles. The van der Waals surface area contributed by atoms with Gasteiger partial charge in [0.25, 0.3) is 0 Å². The molecule has 2 aromatic carbocycles. The van der Waals surface area contributed by atoms with Crippen LogP contribution in [0.3, 0.4) is 0 Å². The molecule has 0 spiro atoms. The maximum absolute atomic E-state index is 12.4. The summed E-state index contributed by atoms with van der Waals surface area (Å²) in [4.78, 5) is 24.1. The van der Waals surface area contributed by atoms with E-state index in [1.807, 2.05) is 6.92 Å². The molecule has 3 aromatic rings. The van der Waals surface area contributed by atoms with Crippen LogP contribution in [0.4, 0.5) is 5.69 Å². The van der Waals surface area contributed by atoms with Crippen LogP contribution in [0.25, 0.3) is 11.1 Å². The van der Waals surface area contributed by atoms with Crippen molar-refractivity contribution in [1.29, 1.82) is 0 Å². The summed E-state index contributed by atoms with van der Waals surface area (Å²) in [6.45, 7) is 2.39. The average molecular weight is 282 g/mol. The predicted octanol–water partition coefficient (Wildman–Crippen LogP) is 2.43. The number of fused-ring (bicyclic) bond motifs is 1. The minimum atomic E-state index is -0.416. The third-order valence-electron chi connectivity index (χ3n) is 3.40. The number of nitrogen functional groups attached to an aromatic ring is 1. The first-order chi connectivity index (χ1) is 10.1. The fourth-order valence-electron chi connectivity index (χ4n) is 2.35. The van der Waals surface area contributed by atoms with Crippen LogP contribution in [-0.4, -0.2) is 10.4 Å². The lowest BCUT2D eigenvalue weighted by Gasteiger charge is -2.03. The second-order valence-electron chi connectivity index (χ2n) is 4.75. The lowest BCUT2D eigenvalue weighted by molar-refractivity contribution is 0.103. The molecule has 0 radical (unpaired) electrons. The van der Waals surface area contributed by atoms with Gasteiger partial charge >= 0.3 is 5.76 Å². The Morgan fingerprint density at radius 3 is 2.67 bits per heavy atom. The smallest absolute Gasteiger partial charge is 0.408 e. The molecular formula is C16H14N2O3. The normalized spacial score (nSPS) is 10.9. The molecule has 0 unspecified atom stereocenters. The molecule has 3 rings (SSSR count). The molecule has 0 bridgehead atoms. The van der Waals surface area contributed by atoms with E-state index in [-0.39, 0.29) is 5.78 Å². The zero-order valence-corrected chi connectivity index (χ0v) is 11.5. The molecule has 106 valence electrons. The Bertz CT molecular complexity index is 890. The third-order valence-corrected chi connectivity index (χ3v) is 3.40. The van der Waals surface area contributed by atoms with Gasteiger partial charge in [0, 0.05) is 23.4 Å². The fourth-order valence-corrected chi connectivity index (χ4v) is 2.35. The van der Waals surface area contributed by atoms with Crippen molar-refractivity contribution in [3.63, 3.8) is 0 Å². The van der Waals surface area contributed by atoms with Crippen LogP contribution >= 0.6 is 0 Å². The van der Waals surface area contributed by atoms with E-state index in [4.69, 9.17) is 10.2 Å². The van der Waals surface area contributed by atoms with E-state index in [0.29, 0.717) is 34.5 Å². The van der Waals surface area contributed by atoms with Crippen LogP contribution < -0.4 is 11.5 Å². The van der Waals surface area contributed by atoms with Crippen molar-refractivity contribution < 1.29 is 9.21 Å². The Morgan fingerprint density at radius 2 is 1.95 bits per heavy atom. The van der Waals surface area contributed by atoms with Gasteiger partial charge in [-0.25, -0.2) is 4.79 Å². The van der Waals surface area contributed by atoms with Gasteiger partial charge in [-0.1, -0.05) is 12.1 Å².